The van der Waals surface area contributed by atoms with Crippen LogP contribution in [0.15, 0.2) is 30.3 Å². The number of nitrogens with one attached hydrogen (secondary N) is 2. The lowest BCUT2D eigenvalue weighted by Gasteiger charge is -2.24. The van der Waals surface area contributed by atoms with Crippen LogP contribution in [0.5, 0.6) is 5.75 Å². The summed E-state index contributed by atoms with van der Waals surface area (Å²) in [7, 11) is 3.66. The van der Waals surface area contributed by atoms with E-state index in [1.807, 2.05) is 37.4 Å². The van der Waals surface area contributed by atoms with Crippen molar-refractivity contribution < 1.29 is 9.53 Å². The number of amides is 1. The van der Waals surface area contributed by atoms with Gasteiger partial charge < -0.3 is 15.0 Å². The molecule has 0 unspecified atom stereocenters. The van der Waals surface area contributed by atoms with Crippen molar-refractivity contribution in [3.05, 3.63) is 46.3 Å². The third-order valence-electron chi connectivity index (χ3n) is 3.61. The maximum Gasteiger partial charge on any atom is 0.261 e. The summed E-state index contributed by atoms with van der Waals surface area (Å²) in [6.07, 6.45) is 0. The van der Waals surface area contributed by atoms with Crippen molar-refractivity contribution in [2.75, 3.05) is 25.7 Å². The first-order valence-corrected chi connectivity index (χ1v) is 7.94. The molecule has 0 fully saturated rings. The summed E-state index contributed by atoms with van der Waals surface area (Å²) in [6.45, 7) is 2.13. The van der Waals surface area contributed by atoms with Crippen LogP contribution < -0.4 is 20.3 Å². The highest BCUT2D eigenvalue weighted by atomic mass is 32.1. The molecule has 2 heterocycles. The molecule has 1 aliphatic heterocycles. The van der Waals surface area contributed by atoms with Gasteiger partial charge in [0.2, 0.25) is 0 Å². The predicted molar refractivity (Wildman–Crippen MR) is 88.6 cm³/mol. The summed E-state index contributed by atoms with van der Waals surface area (Å²) in [5.74, 6) is 0.765. The molecule has 0 atom stereocenters. The molecule has 0 radical (unpaired) electrons. The number of anilines is 1. The number of methoxy groups -OCH3 is 1. The second-order valence-corrected chi connectivity index (χ2v) is 6.29. The molecule has 0 bridgehead atoms. The van der Waals surface area contributed by atoms with Gasteiger partial charge in [-0.1, -0.05) is 12.1 Å². The molecule has 0 aliphatic carbocycles. The first kappa shape index (κ1) is 14.9. The summed E-state index contributed by atoms with van der Waals surface area (Å²) >= 11 is 1.54. The van der Waals surface area contributed by atoms with Gasteiger partial charge in [-0.05, 0) is 23.8 Å². The zero-order chi connectivity index (χ0) is 15.5. The van der Waals surface area contributed by atoms with Crippen LogP contribution in [0.25, 0.3) is 0 Å². The van der Waals surface area contributed by atoms with Crippen LogP contribution in [0, 0.1) is 0 Å². The number of carbonyl (C=O) groups excluding carboxylic acids is 1. The van der Waals surface area contributed by atoms with E-state index in [1.165, 1.54) is 10.6 Å². The topological polar surface area (TPSA) is 53.6 Å². The van der Waals surface area contributed by atoms with Gasteiger partial charge in [-0.15, -0.1) is 11.3 Å². The Morgan fingerprint density at radius 3 is 3.09 bits per heavy atom. The number of fused-ring (bicyclic) bond motifs is 1. The molecule has 0 saturated heterocycles. The van der Waals surface area contributed by atoms with Crippen LogP contribution in [0.1, 0.15) is 20.8 Å². The molecule has 1 aromatic carbocycles. The largest absolute Gasteiger partial charge is 0.497 e. The number of hydrogen-bond acceptors (Lipinski definition) is 5. The fraction of sp³-hybridized carbons (Fsp3) is 0.312. The Hall–Kier alpha value is -2.05. The molecule has 0 saturated carbocycles. The Labute approximate surface area is 133 Å². The summed E-state index contributed by atoms with van der Waals surface area (Å²) in [5, 5.41) is 7.44. The average molecular weight is 317 g/mol. The van der Waals surface area contributed by atoms with Crippen molar-refractivity contribution in [3.63, 3.8) is 0 Å². The van der Waals surface area contributed by atoms with E-state index in [2.05, 4.69) is 15.5 Å². The second kappa shape index (κ2) is 6.37. The van der Waals surface area contributed by atoms with Crippen LogP contribution in [0.3, 0.4) is 0 Å². The van der Waals surface area contributed by atoms with Gasteiger partial charge in [0.15, 0.2) is 0 Å². The molecule has 2 N–H and O–H groups in total. The fourth-order valence-corrected chi connectivity index (χ4v) is 3.52. The van der Waals surface area contributed by atoms with E-state index in [9.17, 15) is 4.79 Å². The van der Waals surface area contributed by atoms with Crippen molar-refractivity contribution in [2.24, 2.45) is 0 Å². The number of nitrogens with zero attached hydrogens (tertiary/aromatic N) is 1. The quantitative estimate of drug-likeness (QED) is 0.907. The SMILES string of the molecule is COc1cccc(CNC(=O)c2cc3c(s2)N(C)CNC3)c1. The number of rotatable bonds is 4. The highest BCUT2D eigenvalue weighted by molar-refractivity contribution is 7.18. The maximum atomic E-state index is 12.3. The Kier molecular flexibility index (Phi) is 4.31. The van der Waals surface area contributed by atoms with Crippen molar-refractivity contribution in [1.82, 2.24) is 10.6 Å². The normalized spacial score (nSPS) is 13.6. The van der Waals surface area contributed by atoms with Gasteiger partial charge in [-0.2, -0.15) is 0 Å². The lowest BCUT2D eigenvalue weighted by molar-refractivity contribution is 0.0955. The number of thiophene rings is 1. The predicted octanol–water partition coefficient (Wildman–Crippen LogP) is 2.18. The molecular weight excluding hydrogens is 298 g/mol. The number of ether oxygens (including phenoxy) is 1. The van der Waals surface area contributed by atoms with E-state index < -0.39 is 0 Å². The summed E-state index contributed by atoms with van der Waals surface area (Å²) in [4.78, 5) is 15.2. The van der Waals surface area contributed by atoms with Gasteiger partial charge in [-0.3, -0.25) is 10.1 Å². The lowest BCUT2D eigenvalue weighted by Crippen LogP contribution is -2.34. The second-order valence-electron chi connectivity index (χ2n) is 5.26. The zero-order valence-electron chi connectivity index (χ0n) is 12.7. The van der Waals surface area contributed by atoms with Crippen molar-refractivity contribution in [3.8, 4) is 5.75 Å². The van der Waals surface area contributed by atoms with E-state index in [0.29, 0.717) is 6.54 Å². The van der Waals surface area contributed by atoms with Gasteiger partial charge in [-0.25, -0.2) is 0 Å². The van der Waals surface area contributed by atoms with Crippen molar-refractivity contribution in [2.45, 2.75) is 13.1 Å². The molecule has 0 spiro atoms. The minimum absolute atomic E-state index is 0.0318. The Balaban J connectivity index is 1.67. The minimum Gasteiger partial charge on any atom is -0.497 e. The molecule has 6 heteroatoms. The maximum absolute atomic E-state index is 12.3. The Morgan fingerprint density at radius 2 is 2.32 bits per heavy atom. The van der Waals surface area contributed by atoms with Gasteiger partial charge in [0.05, 0.1) is 23.7 Å². The van der Waals surface area contributed by atoms with E-state index in [1.54, 1.807) is 18.4 Å². The van der Waals surface area contributed by atoms with E-state index in [4.69, 9.17) is 4.74 Å². The highest BCUT2D eigenvalue weighted by Gasteiger charge is 2.19. The molecule has 3 rings (SSSR count). The number of benzene rings is 1. The molecule has 5 nitrogen and oxygen atoms in total. The van der Waals surface area contributed by atoms with E-state index in [0.717, 1.165) is 29.4 Å². The highest BCUT2D eigenvalue weighted by Crippen LogP contribution is 2.32. The molecule has 1 aliphatic rings. The van der Waals surface area contributed by atoms with Crippen LogP contribution in [0.2, 0.25) is 0 Å². The third-order valence-corrected chi connectivity index (χ3v) is 4.90. The fourth-order valence-electron chi connectivity index (χ4n) is 2.46. The number of carbonyl (C=O) groups is 1. The first-order chi connectivity index (χ1) is 10.7. The average Bonchev–Trinajstić information content (AvgIpc) is 2.98. The molecule has 116 valence electrons. The standard InChI is InChI=1S/C16H19N3O2S/c1-19-10-17-9-12-7-14(22-16(12)19)15(20)18-8-11-4-3-5-13(6-11)21-2/h3-7,17H,8-10H2,1-2H3,(H,18,20). The van der Waals surface area contributed by atoms with Crippen molar-refractivity contribution >= 4 is 22.2 Å². The van der Waals surface area contributed by atoms with E-state index in [-0.39, 0.29) is 5.91 Å². The Bertz CT molecular complexity index is 684. The van der Waals surface area contributed by atoms with E-state index >= 15 is 0 Å². The molecule has 22 heavy (non-hydrogen) atoms. The third kappa shape index (κ3) is 3.08. The monoisotopic (exact) mass is 317 g/mol. The summed E-state index contributed by atoms with van der Waals surface area (Å²) < 4.78 is 5.19. The summed E-state index contributed by atoms with van der Waals surface area (Å²) in [5.41, 5.74) is 2.21. The number of hydrogen-bond donors (Lipinski definition) is 2. The molecule has 1 aromatic heterocycles. The van der Waals surface area contributed by atoms with Crippen LogP contribution >= 0.6 is 11.3 Å². The van der Waals surface area contributed by atoms with Crippen LogP contribution in [-0.4, -0.2) is 26.7 Å². The minimum atomic E-state index is -0.0318. The lowest BCUT2D eigenvalue weighted by atomic mass is 10.2. The Morgan fingerprint density at radius 1 is 1.45 bits per heavy atom. The van der Waals surface area contributed by atoms with Crippen LogP contribution in [0.4, 0.5) is 5.00 Å². The van der Waals surface area contributed by atoms with Gasteiger partial charge in [0.25, 0.3) is 5.91 Å². The first-order valence-electron chi connectivity index (χ1n) is 7.13. The summed E-state index contributed by atoms with van der Waals surface area (Å²) in [6, 6.07) is 9.69. The van der Waals surface area contributed by atoms with Gasteiger partial charge in [0, 0.05) is 25.7 Å². The molecule has 1 amide bonds. The van der Waals surface area contributed by atoms with Gasteiger partial charge in [0.1, 0.15) is 5.75 Å². The van der Waals surface area contributed by atoms with Gasteiger partial charge >= 0.3 is 0 Å². The van der Waals surface area contributed by atoms with Crippen LogP contribution in [-0.2, 0) is 13.1 Å². The zero-order valence-corrected chi connectivity index (χ0v) is 13.5. The molecular formula is C16H19N3O2S. The smallest absolute Gasteiger partial charge is 0.261 e. The van der Waals surface area contributed by atoms with Crippen molar-refractivity contribution in [1.29, 1.82) is 0 Å². The molecule has 2 aromatic rings.